The van der Waals surface area contributed by atoms with Crippen LogP contribution in [-0.4, -0.2) is 27.3 Å². The van der Waals surface area contributed by atoms with Crippen LogP contribution in [0.2, 0.25) is 5.15 Å². The van der Waals surface area contributed by atoms with Gasteiger partial charge < -0.3 is 5.32 Å². The molecular weight excluding hydrogens is 226 g/mol. The Balaban J connectivity index is 2.30. The lowest BCUT2D eigenvalue weighted by atomic mass is 10.2. The van der Waals surface area contributed by atoms with Crippen LogP contribution in [-0.2, 0) is 0 Å². The SMILES string of the molecule is CSCC(C)CNc1nsnc1Cl. The highest BCUT2D eigenvalue weighted by Gasteiger charge is 2.06. The zero-order valence-corrected chi connectivity index (χ0v) is 9.97. The maximum atomic E-state index is 5.77. The van der Waals surface area contributed by atoms with Crippen LogP contribution >= 0.6 is 35.1 Å². The average molecular weight is 238 g/mol. The molecule has 3 nitrogen and oxygen atoms in total. The molecule has 0 aliphatic carbocycles. The highest BCUT2D eigenvalue weighted by molar-refractivity contribution is 7.98. The summed E-state index contributed by atoms with van der Waals surface area (Å²) in [6, 6.07) is 0. The van der Waals surface area contributed by atoms with Crippen LogP contribution < -0.4 is 5.32 Å². The van der Waals surface area contributed by atoms with E-state index in [9.17, 15) is 0 Å². The van der Waals surface area contributed by atoms with Gasteiger partial charge >= 0.3 is 0 Å². The third kappa shape index (κ3) is 3.70. The molecule has 0 fully saturated rings. The summed E-state index contributed by atoms with van der Waals surface area (Å²) in [5.74, 6) is 2.47. The van der Waals surface area contributed by atoms with Gasteiger partial charge in [0.1, 0.15) is 0 Å². The van der Waals surface area contributed by atoms with Gasteiger partial charge in [-0.2, -0.15) is 20.5 Å². The van der Waals surface area contributed by atoms with Gasteiger partial charge in [0.2, 0.25) is 0 Å². The minimum absolute atomic E-state index is 0.473. The number of aromatic nitrogens is 2. The average Bonchev–Trinajstić information content (AvgIpc) is 2.48. The van der Waals surface area contributed by atoms with Gasteiger partial charge in [0.15, 0.2) is 11.0 Å². The van der Waals surface area contributed by atoms with Gasteiger partial charge in [-0.15, -0.1) is 0 Å². The molecule has 1 unspecified atom stereocenters. The van der Waals surface area contributed by atoms with Crippen molar-refractivity contribution in [3.63, 3.8) is 0 Å². The number of hydrogen-bond acceptors (Lipinski definition) is 5. The second-order valence-electron chi connectivity index (χ2n) is 2.85. The van der Waals surface area contributed by atoms with Crippen LogP contribution in [0.15, 0.2) is 0 Å². The van der Waals surface area contributed by atoms with Crippen LogP contribution in [0, 0.1) is 5.92 Å². The number of hydrogen-bond donors (Lipinski definition) is 1. The molecule has 1 N–H and O–H groups in total. The van der Waals surface area contributed by atoms with Gasteiger partial charge in [-0.3, -0.25) is 0 Å². The molecule has 0 saturated carbocycles. The van der Waals surface area contributed by atoms with Gasteiger partial charge in [-0.25, -0.2) is 0 Å². The molecule has 74 valence electrons. The number of nitrogens with one attached hydrogen (secondary N) is 1. The Bertz CT molecular complexity index is 254. The molecule has 13 heavy (non-hydrogen) atoms. The summed E-state index contributed by atoms with van der Waals surface area (Å²) >= 11 is 8.75. The molecule has 0 bridgehead atoms. The van der Waals surface area contributed by atoms with E-state index in [2.05, 4.69) is 27.2 Å². The van der Waals surface area contributed by atoms with Gasteiger partial charge in [0.25, 0.3) is 0 Å². The number of nitrogens with zero attached hydrogens (tertiary/aromatic N) is 2. The van der Waals surface area contributed by atoms with Crippen molar-refractivity contribution < 1.29 is 0 Å². The highest BCUT2D eigenvalue weighted by Crippen LogP contribution is 2.18. The Morgan fingerprint density at radius 1 is 1.62 bits per heavy atom. The summed E-state index contributed by atoms with van der Waals surface area (Å²) in [7, 11) is 0. The molecule has 1 atom stereocenters. The zero-order chi connectivity index (χ0) is 9.68. The second kappa shape index (κ2) is 5.67. The van der Waals surface area contributed by atoms with E-state index >= 15 is 0 Å². The van der Waals surface area contributed by atoms with Crippen LogP contribution in [0.3, 0.4) is 0 Å². The summed E-state index contributed by atoms with van der Waals surface area (Å²) in [5, 5.41) is 3.64. The minimum atomic E-state index is 0.473. The molecule has 0 aliphatic rings. The first kappa shape index (κ1) is 11.1. The second-order valence-corrected chi connectivity index (χ2v) is 4.64. The summed E-state index contributed by atoms with van der Waals surface area (Å²) in [6.45, 7) is 3.09. The lowest BCUT2D eigenvalue weighted by molar-refractivity contribution is 0.700. The van der Waals surface area contributed by atoms with E-state index in [1.54, 1.807) is 0 Å². The zero-order valence-electron chi connectivity index (χ0n) is 7.58. The van der Waals surface area contributed by atoms with E-state index in [1.165, 1.54) is 0 Å². The number of rotatable bonds is 5. The third-order valence-electron chi connectivity index (χ3n) is 1.52. The van der Waals surface area contributed by atoms with E-state index in [1.807, 2.05) is 11.8 Å². The standard InChI is InChI=1S/C7H12ClN3S2/c1-5(4-12-2)3-9-7-6(8)10-13-11-7/h5H,3-4H2,1-2H3,(H,9,11). The Morgan fingerprint density at radius 2 is 2.38 bits per heavy atom. The normalized spacial score (nSPS) is 12.8. The van der Waals surface area contributed by atoms with Crippen molar-refractivity contribution in [2.75, 3.05) is 23.9 Å². The molecule has 0 saturated heterocycles. The van der Waals surface area contributed by atoms with Crippen LogP contribution in [0.4, 0.5) is 5.82 Å². The lowest BCUT2D eigenvalue weighted by Gasteiger charge is -2.09. The van der Waals surface area contributed by atoms with Crippen LogP contribution in [0.1, 0.15) is 6.92 Å². The topological polar surface area (TPSA) is 37.8 Å². The predicted molar refractivity (Wildman–Crippen MR) is 61.0 cm³/mol. The highest BCUT2D eigenvalue weighted by atomic mass is 35.5. The first-order valence-electron chi connectivity index (χ1n) is 3.95. The van der Waals surface area contributed by atoms with Crippen LogP contribution in [0.5, 0.6) is 0 Å². The monoisotopic (exact) mass is 237 g/mol. The summed E-state index contributed by atoms with van der Waals surface area (Å²) in [4.78, 5) is 0. The Labute approximate surface area is 91.6 Å². The molecule has 0 spiro atoms. The van der Waals surface area contributed by atoms with E-state index in [0.717, 1.165) is 24.0 Å². The van der Waals surface area contributed by atoms with Gasteiger partial charge in [0, 0.05) is 6.54 Å². The molecule has 6 heteroatoms. The van der Waals surface area contributed by atoms with Crippen molar-refractivity contribution in [2.24, 2.45) is 5.92 Å². The fourth-order valence-corrected chi connectivity index (χ4v) is 2.27. The lowest BCUT2D eigenvalue weighted by Crippen LogP contribution is -2.13. The summed E-state index contributed by atoms with van der Waals surface area (Å²) in [6.07, 6.45) is 2.11. The Kier molecular flexibility index (Phi) is 4.83. The molecule has 0 radical (unpaired) electrons. The molecule has 0 amide bonds. The van der Waals surface area contributed by atoms with Crippen molar-refractivity contribution in [3.8, 4) is 0 Å². The fraction of sp³-hybridized carbons (Fsp3) is 0.714. The largest absolute Gasteiger partial charge is 0.366 e. The molecule has 0 aliphatic heterocycles. The maximum absolute atomic E-state index is 5.77. The molecule has 1 aromatic heterocycles. The fourth-order valence-electron chi connectivity index (χ4n) is 0.898. The summed E-state index contributed by atoms with van der Waals surface area (Å²) in [5.41, 5.74) is 0. The van der Waals surface area contributed by atoms with Crippen molar-refractivity contribution in [2.45, 2.75) is 6.92 Å². The van der Waals surface area contributed by atoms with Crippen LogP contribution in [0.25, 0.3) is 0 Å². The number of thioether (sulfide) groups is 1. The Morgan fingerprint density at radius 3 is 2.92 bits per heavy atom. The van der Waals surface area contributed by atoms with Gasteiger partial charge in [-0.1, -0.05) is 18.5 Å². The molecule has 0 aromatic carbocycles. The maximum Gasteiger partial charge on any atom is 0.186 e. The van der Waals surface area contributed by atoms with Crippen molar-refractivity contribution in [1.29, 1.82) is 0 Å². The molecule has 1 rings (SSSR count). The quantitative estimate of drug-likeness (QED) is 0.855. The predicted octanol–water partition coefficient (Wildman–Crippen LogP) is 2.60. The van der Waals surface area contributed by atoms with E-state index in [-0.39, 0.29) is 0 Å². The van der Waals surface area contributed by atoms with Gasteiger partial charge in [-0.05, 0) is 17.9 Å². The first-order valence-corrected chi connectivity index (χ1v) is 6.45. The molecule has 1 aromatic rings. The Hall–Kier alpha value is -0.0000000000000000555. The van der Waals surface area contributed by atoms with E-state index in [4.69, 9.17) is 11.6 Å². The van der Waals surface area contributed by atoms with Crippen molar-refractivity contribution in [3.05, 3.63) is 5.15 Å². The number of anilines is 1. The molecule has 1 heterocycles. The first-order chi connectivity index (χ1) is 6.24. The van der Waals surface area contributed by atoms with Crippen molar-refractivity contribution in [1.82, 2.24) is 8.75 Å². The summed E-state index contributed by atoms with van der Waals surface area (Å²) < 4.78 is 7.90. The molecular formula is C7H12ClN3S2. The van der Waals surface area contributed by atoms with E-state index in [0.29, 0.717) is 16.9 Å². The minimum Gasteiger partial charge on any atom is -0.366 e. The van der Waals surface area contributed by atoms with Crippen molar-refractivity contribution >= 4 is 40.9 Å². The van der Waals surface area contributed by atoms with Gasteiger partial charge in [0.05, 0.1) is 11.7 Å². The smallest absolute Gasteiger partial charge is 0.186 e. The third-order valence-corrected chi connectivity index (χ3v) is 3.31. The number of halogens is 1. The van der Waals surface area contributed by atoms with E-state index < -0.39 is 0 Å².